The molecule has 0 aliphatic carbocycles. The van der Waals surface area contributed by atoms with Crippen molar-refractivity contribution < 1.29 is 9.90 Å². The molecule has 1 unspecified atom stereocenters. The summed E-state index contributed by atoms with van der Waals surface area (Å²) in [6.45, 7) is 2.18. The monoisotopic (exact) mass is 391 g/mol. The molecule has 3 rings (SSSR count). The Labute approximate surface area is 170 Å². The standard InChI is InChI=1S/C24H25NO2S/c1-24(16-15-23(25)27,28-21-13-11-20(26)12-14-21)17-19-9-5-6-10-22(19)18-7-3-2-4-8-18/h2-14,26H,15-17H2,1H3,(H2,25,27). The molecule has 0 saturated carbocycles. The van der Waals surface area contributed by atoms with Crippen LogP contribution in [-0.2, 0) is 11.2 Å². The number of rotatable bonds is 8. The summed E-state index contributed by atoms with van der Waals surface area (Å²) in [7, 11) is 0. The average Bonchev–Trinajstić information content (AvgIpc) is 2.69. The summed E-state index contributed by atoms with van der Waals surface area (Å²) in [5, 5.41) is 9.56. The van der Waals surface area contributed by atoms with Gasteiger partial charge in [-0.3, -0.25) is 4.79 Å². The molecule has 3 aromatic rings. The van der Waals surface area contributed by atoms with Crippen LogP contribution in [0.2, 0.25) is 0 Å². The van der Waals surface area contributed by atoms with Crippen LogP contribution in [0.25, 0.3) is 11.1 Å². The summed E-state index contributed by atoms with van der Waals surface area (Å²) < 4.78 is -0.211. The molecule has 1 atom stereocenters. The van der Waals surface area contributed by atoms with Gasteiger partial charge in [0.25, 0.3) is 0 Å². The van der Waals surface area contributed by atoms with E-state index in [0.717, 1.165) is 11.3 Å². The molecular formula is C24H25NO2S. The van der Waals surface area contributed by atoms with E-state index in [2.05, 4.69) is 43.3 Å². The summed E-state index contributed by atoms with van der Waals surface area (Å²) >= 11 is 1.72. The number of primary amides is 1. The minimum absolute atomic E-state index is 0.211. The van der Waals surface area contributed by atoms with Crippen molar-refractivity contribution >= 4 is 17.7 Å². The molecule has 0 fully saturated rings. The summed E-state index contributed by atoms with van der Waals surface area (Å²) in [6, 6.07) is 25.9. The summed E-state index contributed by atoms with van der Waals surface area (Å²) in [4.78, 5) is 12.5. The number of benzene rings is 3. The van der Waals surface area contributed by atoms with Crippen LogP contribution in [-0.4, -0.2) is 15.8 Å². The molecule has 3 N–H and O–H groups in total. The van der Waals surface area contributed by atoms with Crippen LogP contribution in [0.5, 0.6) is 5.75 Å². The van der Waals surface area contributed by atoms with Gasteiger partial charge in [0.1, 0.15) is 5.75 Å². The Hall–Kier alpha value is -2.72. The van der Waals surface area contributed by atoms with Crippen molar-refractivity contribution in [2.45, 2.75) is 35.8 Å². The quantitative estimate of drug-likeness (QED) is 0.504. The van der Waals surface area contributed by atoms with Crippen LogP contribution < -0.4 is 5.73 Å². The third kappa shape index (κ3) is 5.40. The third-order valence-electron chi connectivity index (χ3n) is 4.77. The first-order valence-electron chi connectivity index (χ1n) is 9.35. The van der Waals surface area contributed by atoms with Gasteiger partial charge in [0.2, 0.25) is 5.91 Å². The van der Waals surface area contributed by atoms with Crippen LogP contribution >= 0.6 is 11.8 Å². The molecule has 0 spiro atoms. The molecule has 4 heteroatoms. The molecule has 3 aromatic carbocycles. The zero-order valence-electron chi connectivity index (χ0n) is 16.0. The highest BCUT2D eigenvalue weighted by atomic mass is 32.2. The second-order valence-electron chi connectivity index (χ2n) is 7.21. The highest BCUT2D eigenvalue weighted by Crippen LogP contribution is 2.41. The maximum Gasteiger partial charge on any atom is 0.217 e. The van der Waals surface area contributed by atoms with Gasteiger partial charge in [0.15, 0.2) is 0 Å². The van der Waals surface area contributed by atoms with Crippen molar-refractivity contribution in [3.8, 4) is 16.9 Å². The zero-order valence-corrected chi connectivity index (χ0v) is 16.8. The van der Waals surface area contributed by atoms with E-state index >= 15 is 0 Å². The molecule has 0 bridgehead atoms. The number of hydrogen-bond donors (Lipinski definition) is 2. The normalized spacial score (nSPS) is 13.0. The lowest BCUT2D eigenvalue weighted by Gasteiger charge is -2.30. The van der Waals surface area contributed by atoms with E-state index < -0.39 is 0 Å². The van der Waals surface area contributed by atoms with E-state index in [1.54, 1.807) is 23.9 Å². The van der Waals surface area contributed by atoms with Crippen LogP contribution in [0.1, 0.15) is 25.3 Å². The maximum atomic E-state index is 11.5. The van der Waals surface area contributed by atoms with Crippen molar-refractivity contribution in [2.75, 3.05) is 0 Å². The maximum absolute atomic E-state index is 11.5. The van der Waals surface area contributed by atoms with Gasteiger partial charge in [-0.15, -0.1) is 11.8 Å². The second kappa shape index (κ2) is 8.98. The van der Waals surface area contributed by atoms with Crippen LogP contribution in [0.15, 0.2) is 83.8 Å². The molecule has 1 amide bonds. The summed E-state index contributed by atoms with van der Waals surface area (Å²) in [5.41, 5.74) is 9.08. The fourth-order valence-electron chi connectivity index (χ4n) is 3.34. The van der Waals surface area contributed by atoms with Gasteiger partial charge in [-0.1, -0.05) is 54.6 Å². The first-order chi connectivity index (χ1) is 13.5. The van der Waals surface area contributed by atoms with Crippen LogP contribution in [0.3, 0.4) is 0 Å². The van der Waals surface area contributed by atoms with Crippen molar-refractivity contribution in [3.05, 3.63) is 84.4 Å². The SMILES string of the molecule is CC(CCC(N)=O)(Cc1ccccc1-c1ccccc1)Sc1ccc(O)cc1. The topological polar surface area (TPSA) is 63.3 Å². The fraction of sp³-hybridized carbons (Fsp3) is 0.208. The molecule has 0 aliphatic rings. The fourth-order valence-corrected chi connectivity index (χ4v) is 4.61. The van der Waals surface area contributed by atoms with Gasteiger partial charge in [-0.25, -0.2) is 0 Å². The molecule has 144 valence electrons. The second-order valence-corrected chi connectivity index (χ2v) is 8.87. The van der Waals surface area contributed by atoms with E-state index in [9.17, 15) is 9.90 Å². The van der Waals surface area contributed by atoms with E-state index in [-0.39, 0.29) is 16.4 Å². The molecular weight excluding hydrogens is 366 g/mol. The number of aromatic hydroxyl groups is 1. The molecule has 28 heavy (non-hydrogen) atoms. The molecule has 0 heterocycles. The van der Waals surface area contributed by atoms with Gasteiger partial charge < -0.3 is 10.8 Å². The molecule has 3 nitrogen and oxygen atoms in total. The number of amides is 1. The minimum atomic E-state index is -0.283. The number of thioether (sulfide) groups is 1. The van der Waals surface area contributed by atoms with Crippen LogP contribution in [0, 0.1) is 0 Å². The average molecular weight is 392 g/mol. The lowest BCUT2D eigenvalue weighted by atomic mass is 9.90. The Morgan fingerprint density at radius 3 is 2.29 bits per heavy atom. The Bertz CT molecular complexity index is 925. The molecule has 0 radical (unpaired) electrons. The first-order valence-corrected chi connectivity index (χ1v) is 10.2. The number of nitrogens with two attached hydrogens (primary N) is 1. The van der Waals surface area contributed by atoms with Crippen molar-refractivity contribution in [3.63, 3.8) is 0 Å². The lowest BCUT2D eigenvalue weighted by molar-refractivity contribution is -0.118. The highest BCUT2D eigenvalue weighted by molar-refractivity contribution is 8.00. The van der Waals surface area contributed by atoms with E-state index in [1.807, 2.05) is 30.3 Å². The van der Waals surface area contributed by atoms with Crippen LogP contribution in [0.4, 0.5) is 0 Å². The first kappa shape index (κ1) is 20.0. The van der Waals surface area contributed by atoms with Crippen molar-refractivity contribution in [1.29, 1.82) is 0 Å². The van der Waals surface area contributed by atoms with Crippen molar-refractivity contribution in [1.82, 2.24) is 0 Å². The largest absolute Gasteiger partial charge is 0.508 e. The molecule has 0 aromatic heterocycles. The molecule has 0 aliphatic heterocycles. The number of carbonyl (C=O) groups excluding carboxylic acids is 1. The van der Waals surface area contributed by atoms with E-state index in [0.29, 0.717) is 12.8 Å². The van der Waals surface area contributed by atoms with Gasteiger partial charge in [0, 0.05) is 16.1 Å². The number of hydrogen-bond acceptors (Lipinski definition) is 3. The van der Waals surface area contributed by atoms with Gasteiger partial charge in [0.05, 0.1) is 0 Å². The Kier molecular flexibility index (Phi) is 6.42. The number of phenols is 1. The number of phenolic OH excluding ortho intramolecular Hbond substituents is 1. The predicted molar refractivity (Wildman–Crippen MR) is 116 cm³/mol. The Morgan fingerprint density at radius 2 is 1.61 bits per heavy atom. The van der Waals surface area contributed by atoms with Gasteiger partial charge in [-0.2, -0.15) is 0 Å². The minimum Gasteiger partial charge on any atom is -0.508 e. The predicted octanol–water partition coefficient (Wildman–Crippen LogP) is 5.42. The smallest absolute Gasteiger partial charge is 0.217 e. The third-order valence-corrected chi connectivity index (χ3v) is 6.12. The summed E-state index contributed by atoms with van der Waals surface area (Å²) in [5.74, 6) is -0.0357. The van der Waals surface area contributed by atoms with E-state index in [4.69, 9.17) is 5.73 Å². The Morgan fingerprint density at radius 1 is 0.964 bits per heavy atom. The van der Waals surface area contributed by atoms with Gasteiger partial charge in [-0.05, 0) is 60.7 Å². The number of carbonyl (C=O) groups is 1. The Balaban J connectivity index is 1.91. The zero-order chi connectivity index (χ0) is 20.0. The van der Waals surface area contributed by atoms with Gasteiger partial charge >= 0.3 is 0 Å². The lowest BCUT2D eigenvalue weighted by Crippen LogP contribution is -2.26. The summed E-state index contributed by atoms with van der Waals surface area (Å²) in [6.07, 6.45) is 1.82. The van der Waals surface area contributed by atoms with E-state index in [1.165, 1.54) is 16.7 Å². The highest BCUT2D eigenvalue weighted by Gasteiger charge is 2.28. The molecule has 0 saturated heterocycles. The van der Waals surface area contributed by atoms with Crippen molar-refractivity contribution in [2.24, 2.45) is 5.73 Å².